The molecule has 27 heavy (non-hydrogen) atoms. The van der Waals surface area contributed by atoms with Gasteiger partial charge in [0, 0.05) is 0 Å². The van der Waals surface area contributed by atoms with Crippen molar-refractivity contribution < 1.29 is 0 Å². The van der Waals surface area contributed by atoms with Gasteiger partial charge in [0.05, 0.1) is 0 Å². The Bertz CT molecular complexity index is 109. The van der Waals surface area contributed by atoms with E-state index < -0.39 is 0 Å². The van der Waals surface area contributed by atoms with Gasteiger partial charge in [0.15, 0.2) is 0 Å². The van der Waals surface area contributed by atoms with E-state index in [-0.39, 0.29) is 0 Å². The lowest BCUT2D eigenvalue weighted by molar-refractivity contribution is 0.667. The van der Waals surface area contributed by atoms with Gasteiger partial charge in [-0.1, -0.05) is 107 Å². The van der Waals surface area contributed by atoms with Crippen LogP contribution in [0.5, 0.6) is 0 Å². The highest BCUT2D eigenvalue weighted by molar-refractivity contribution is 4.39. The number of rotatable bonds is 11. The van der Waals surface area contributed by atoms with Crippen molar-refractivity contribution in [2.45, 2.75) is 127 Å². The van der Waals surface area contributed by atoms with Crippen molar-refractivity contribution in [1.82, 2.24) is 10.6 Å². The molecule has 0 saturated heterocycles. The van der Waals surface area contributed by atoms with Gasteiger partial charge in [-0.15, -0.1) is 0 Å². The van der Waals surface area contributed by atoms with Crippen molar-refractivity contribution in [2.24, 2.45) is 5.73 Å². The summed E-state index contributed by atoms with van der Waals surface area (Å²) in [5.41, 5.74) is 5.21. The molecule has 0 saturated carbocycles. The Kier molecular flexibility index (Phi) is 111. The van der Waals surface area contributed by atoms with E-state index in [0.717, 1.165) is 6.54 Å². The van der Waals surface area contributed by atoms with Crippen LogP contribution in [0.2, 0.25) is 0 Å². The third-order valence-electron chi connectivity index (χ3n) is 2.87. The molecule has 0 aliphatic carbocycles. The van der Waals surface area contributed by atoms with Crippen LogP contribution in [0.15, 0.2) is 0 Å². The standard InChI is InChI=1S/2C6H15N.C5H13N.C3H8.2C2H6/c2*1-3-4-5-6-7-2;1-2-3-4-5-6;1-3-2;2*1-2/h2*7H,3-6H2,1-2H3;2-6H2,1H3;3H2,1-2H3;2*1-2H3. The zero-order chi connectivity index (χ0) is 22.6. The molecule has 3 nitrogen and oxygen atoms in total. The van der Waals surface area contributed by atoms with Crippen molar-refractivity contribution in [3.63, 3.8) is 0 Å². The molecule has 0 aliphatic rings. The summed E-state index contributed by atoms with van der Waals surface area (Å²) in [6, 6.07) is 0. The maximum Gasteiger partial charge on any atom is -0.00519 e. The van der Waals surface area contributed by atoms with Gasteiger partial charge in [-0.3, -0.25) is 0 Å². The quantitative estimate of drug-likeness (QED) is 0.320. The average molecular weight is 394 g/mol. The van der Waals surface area contributed by atoms with E-state index in [2.05, 4.69) is 45.3 Å². The van der Waals surface area contributed by atoms with Crippen molar-refractivity contribution in [3.8, 4) is 0 Å². The van der Waals surface area contributed by atoms with Crippen LogP contribution < -0.4 is 16.4 Å². The van der Waals surface area contributed by atoms with Gasteiger partial charge in [-0.25, -0.2) is 0 Å². The summed E-state index contributed by atoms with van der Waals surface area (Å²) < 4.78 is 0. The fourth-order valence-corrected chi connectivity index (χ4v) is 1.50. The van der Waals surface area contributed by atoms with E-state index in [4.69, 9.17) is 5.73 Å². The zero-order valence-corrected chi connectivity index (χ0v) is 21.8. The fourth-order valence-electron chi connectivity index (χ4n) is 1.50. The Morgan fingerprint density at radius 2 is 0.778 bits per heavy atom. The molecular formula is C24H63N3. The molecule has 3 heteroatoms. The van der Waals surface area contributed by atoms with Crippen LogP contribution in [0.25, 0.3) is 0 Å². The molecular weight excluding hydrogens is 330 g/mol. The molecule has 0 rings (SSSR count). The Hall–Kier alpha value is -0.120. The van der Waals surface area contributed by atoms with Crippen LogP contribution in [0.3, 0.4) is 0 Å². The van der Waals surface area contributed by atoms with Crippen molar-refractivity contribution in [1.29, 1.82) is 0 Å². The van der Waals surface area contributed by atoms with Gasteiger partial charge < -0.3 is 16.4 Å². The minimum atomic E-state index is 0.855. The Morgan fingerprint density at radius 3 is 0.926 bits per heavy atom. The van der Waals surface area contributed by atoms with Gasteiger partial charge in [-0.05, 0) is 53.0 Å². The summed E-state index contributed by atoms with van der Waals surface area (Å²) in [5.74, 6) is 0. The van der Waals surface area contributed by atoms with E-state index in [1.165, 1.54) is 77.3 Å². The Balaban J connectivity index is -0.0000000526. The van der Waals surface area contributed by atoms with Crippen LogP contribution in [-0.2, 0) is 0 Å². The molecule has 0 fully saturated rings. The first kappa shape index (κ1) is 41.3. The molecule has 174 valence electrons. The fraction of sp³-hybridized carbons (Fsp3) is 1.00. The molecule has 0 aromatic heterocycles. The van der Waals surface area contributed by atoms with Crippen LogP contribution in [-0.4, -0.2) is 33.7 Å². The topological polar surface area (TPSA) is 50.1 Å². The molecule has 0 amide bonds. The molecule has 0 atom stereocenters. The minimum Gasteiger partial charge on any atom is -0.330 e. The lowest BCUT2D eigenvalue weighted by Gasteiger charge is -1.93. The second kappa shape index (κ2) is 72.4. The average Bonchev–Trinajstić information content (AvgIpc) is 2.72. The highest BCUT2D eigenvalue weighted by Crippen LogP contribution is 1.90. The molecule has 0 aliphatic heterocycles. The number of nitrogens with one attached hydrogen (secondary N) is 2. The molecule has 0 unspecified atom stereocenters. The van der Waals surface area contributed by atoms with E-state index >= 15 is 0 Å². The van der Waals surface area contributed by atoms with Crippen molar-refractivity contribution in [3.05, 3.63) is 0 Å². The summed E-state index contributed by atoms with van der Waals surface area (Å²) in [6.07, 6.45) is 13.0. The highest BCUT2D eigenvalue weighted by atomic mass is 14.8. The smallest absolute Gasteiger partial charge is 0.00519 e. The Labute approximate surface area is 177 Å². The molecule has 4 N–H and O–H groups in total. The van der Waals surface area contributed by atoms with Crippen molar-refractivity contribution >= 4 is 0 Å². The Morgan fingerprint density at radius 1 is 0.519 bits per heavy atom. The maximum atomic E-state index is 5.21. The minimum absolute atomic E-state index is 0.855. The second-order valence-electron chi connectivity index (χ2n) is 5.82. The monoisotopic (exact) mass is 394 g/mol. The van der Waals surface area contributed by atoms with Crippen LogP contribution in [0.4, 0.5) is 0 Å². The van der Waals surface area contributed by atoms with Crippen LogP contribution >= 0.6 is 0 Å². The predicted molar refractivity (Wildman–Crippen MR) is 134 cm³/mol. The zero-order valence-electron chi connectivity index (χ0n) is 21.8. The lowest BCUT2D eigenvalue weighted by Crippen LogP contribution is -2.06. The molecule has 0 aromatic rings. The number of nitrogens with two attached hydrogens (primary N) is 1. The first-order valence-electron chi connectivity index (χ1n) is 12.2. The largest absolute Gasteiger partial charge is 0.330 e. The molecule has 0 radical (unpaired) electrons. The summed E-state index contributed by atoms with van der Waals surface area (Å²) in [6.45, 7) is 22.1. The van der Waals surface area contributed by atoms with E-state index in [0.29, 0.717) is 0 Å². The third-order valence-corrected chi connectivity index (χ3v) is 2.87. The molecule has 0 bridgehead atoms. The summed E-state index contributed by atoms with van der Waals surface area (Å²) in [4.78, 5) is 0. The van der Waals surface area contributed by atoms with Crippen molar-refractivity contribution in [2.75, 3.05) is 33.7 Å². The molecule has 0 spiro atoms. The van der Waals surface area contributed by atoms with Gasteiger partial charge in [0.2, 0.25) is 0 Å². The second-order valence-corrected chi connectivity index (χ2v) is 5.82. The first-order chi connectivity index (χ1) is 13.2. The van der Waals surface area contributed by atoms with Crippen LogP contribution in [0, 0.1) is 0 Å². The summed E-state index contributed by atoms with van der Waals surface area (Å²) >= 11 is 0. The van der Waals surface area contributed by atoms with E-state index in [1.807, 2.05) is 41.8 Å². The van der Waals surface area contributed by atoms with E-state index in [1.54, 1.807) is 0 Å². The van der Waals surface area contributed by atoms with Gasteiger partial charge in [0.25, 0.3) is 0 Å². The lowest BCUT2D eigenvalue weighted by atomic mass is 10.2. The van der Waals surface area contributed by atoms with Crippen LogP contribution in [0.1, 0.15) is 127 Å². The maximum absolute atomic E-state index is 5.21. The summed E-state index contributed by atoms with van der Waals surface area (Å²) in [5, 5.41) is 6.20. The van der Waals surface area contributed by atoms with Gasteiger partial charge in [-0.2, -0.15) is 0 Å². The first-order valence-corrected chi connectivity index (χ1v) is 12.2. The summed E-state index contributed by atoms with van der Waals surface area (Å²) in [7, 11) is 3.99. The third kappa shape index (κ3) is 125. The highest BCUT2D eigenvalue weighted by Gasteiger charge is 1.79. The SMILES string of the molecule is CC.CC.CCC.CCCCCN.CCCCCNC.CCCCCNC. The number of hydrogen-bond donors (Lipinski definition) is 3. The normalized spacial score (nSPS) is 8.00. The molecule has 0 heterocycles. The number of hydrogen-bond acceptors (Lipinski definition) is 3. The van der Waals surface area contributed by atoms with E-state index in [9.17, 15) is 0 Å². The van der Waals surface area contributed by atoms with Gasteiger partial charge >= 0.3 is 0 Å². The molecule has 0 aromatic carbocycles. The predicted octanol–water partition coefficient (Wildman–Crippen LogP) is 7.40. The number of unbranched alkanes of at least 4 members (excludes halogenated alkanes) is 6. The van der Waals surface area contributed by atoms with Gasteiger partial charge in [0.1, 0.15) is 0 Å².